The lowest BCUT2D eigenvalue weighted by molar-refractivity contribution is 0.103. The van der Waals surface area contributed by atoms with Crippen LogP contribution in [0, 0.1) is 24.5 Å². The SMILES string of the molecule is CCC1CCNCC1.CN=C(c1ccc(C(=O)c2cccc(F)c2)cc1F)c1c(C)ncnc1N. The molecule has 0 atom stereocenters. The van der Waals surface area contributed by atoms with Gasteiger partial charge in [-0.2, -0.15) is 0 Å². The number of halogens is 2. The average Bonchev–Trinajstić information content (AvgIpc) is 2.87. The highest BCUT2D eigenvalue weighted by Crippen LogP contribution is 2.22. The van der Waals surface area contributed by atoms with E-state index in [1.165, 1.54) is 76.1 Å². The number of anilines is 1. The van der Waals surface area contributed by atoms with Crippen molar-refractivity contribution in [3.8, 4) is 0 Å². The fourth-order valence-corrected chi connectivity index (χ4v) is 4.09. The van der Waals surface area contributed by atoms with E-state index in [1.54, 1.807) is 6.92 Å². The van der Waals surface area contributed by atoms with Crippen LogP contribution in [0.5, 0.6) is 0 Å². The Balaban J connectivity index is 0.000000363. The van der Waals surface area contributed by atoms with Crippen molar-refractivity contribution >= 4 is 17.3 Å². The average molecular weight is 480 g/mol. The first-order chi connectivity index (χ1) is 16.8. The van der Waals surface area contributed by atoms with Gasteiger partial charge < -0.3 is 11.1 Å². The predicted octanol–water partition coefficient (Wildman–Crippen LogP) is 4.74. The van der Waals surface area contributed by atoms with E-state index in [0.717, 1.165) is 18.1 Å². The van der Waals surface area contributed by atoms with Gasteiger partial charge in [0.05, 0.1) is 17.0 Å². The Kier molecular flexibility index (Phi) is 9.14. The second-order valence-electron chi connectivity index (χ2n) is 8.43. The topological polar surface area (TPSA) is 93.3 Å². The number of aliphatic imine (C=N–C) groups is 1. The number of carbonyl (C=O) groups is 1. The van der Waals surface area contributed by atoms with Crippen LogP contribution >= 0.6 is 0 Å². The number of nitrogens with zero attached hydrogens (tertiary/aromatic N) is 3. The molecule has 184 valence electrons. The quantitative estimate of drug-likeness (QED) is 0.407. The molecule has 0 aliphatic carbocycles. The first-order valence-electron chi connectivity index (χ1n) is 11.7. The number of piperidine rings is 1. The molecule has 1 fully saturated rings. The molecule has 1 aromatic heterocycles. The van der Waals surface area contributed by atoms with E-state index in [0.29, 0.717) is 11.3 Å². The summed E-state index contributed by atoms with van der Waals surface area (Å²) in [6, 6.07) is 9.25. The van der Waals surface area contributed by atoms with Gasteiger partial charge in [-0.05, 0) is 63.0 Å². The number of nitrogens with two attached hydrogens (primary N) is 1. The Bertz CT molecular complexity index is 1190. The zero-order valence-corrected chi connectivity index (χ0v) is 20.3. The van der Waals surface area contributed by atoms with Gasteiger partial charge in [0.2, 0.25) is 0 Å². The number of nitrogens with one attached hydrogen (secondary N) is 1. The van der Waals surface area contributed by atoms with Crippen LogP contribution in [0.4, 0.5) is 14.6 Å². The van der Waals surface area contributed by atoms with Gasteiger partial charge in [0.25, 0.3) is 0 Å². The maximum absolute atomic E-state index is 14.8. The number of hydrogen-bond donors (Lipinski definition) is 2. The van der Waals surface area contributed by atoms with Crippen LogP contribution in [0.1, 0.15) is 58.9 Å². The maximum atomic E-state index is 14.8. The molecule has 8 heteroatoms. The van der Waals surface area contributed by atoms with Gasteiger partial charge in [-0.1, -0.05) is 31.5 Å². The van der Waals surface area contributed by atoms with Crippen molar-refractivity contribution in [1.82, 2.24) is 15.3 Å². The lowest BCUT2D eigenvalue weighted by Gasteiger charge is -2.20. The second-order valence-corrected chi connectivity index (χ2v) is 8.43. The van der Waals surface area contributed by atoms with Gasteiger partial charge in [-0.15, -0.1) is 0 Å². The molecule has 6 nitrogen and oxygen atoms in total. The number of ketones is 1. The summed E-state index contributed by atoms with van der Waals surface area (Å²) in [5.74, 6) is -0.457. The third-order valence-electron chi connectivity index (χ3n) is 6.14. The molecule has 3 N–H and O–H groups in total. The van der Waals surface area contributed by atoms with E-state index in [9.17, 15) is 13.6 Å². The van der Waals surface area contributed by atoms with Gasteiger partial charge in [-0.3, -0.25) is 9.79 Å². The Morgan fingerprint density at radius 1 is 1.11 bits per heavy atom. The molecule has 2 aromatic carbocycles. The van der Waals surface area contributed by atoms with E-state index in [2.05, 4.69) is 27.2 Å². The first kappa shape index (κ1) is 26.1. The normalized spacial score (nSPS) is 14.3. The summed E-state index contributed by atoms with van der Waals surface area (Å²) >= 11 is 0. The van der Waals surface area contributed by atoms with Crippen molar-refractivity contribution < 1.29 is 13.6 Å². The van der Waals surface area contributed by atoms with E-state index >= 15 is 0 Å². The molecule has 2 heterocycles. The number of carbonyl (C=O) groups excluding carboxylic acids is 1. The molecule has 1 aliphatic heterocycles. The number of nitrogen functional groups attached to an aromatic ring is 1. The lowest BCUT2D eigenvalue weighted by atomic mass is 9.96. The third kappa shape index (κ3) is 6.54. The van der Waals surface area contributed by atoms with E-state index in [4.69, 9.17) is 5.73 Å². The Hall–Kier alpha value is -3.52. The van der Waals surface area contributed by atoms with Crippen molar-refractivity contribution in [2.45, 2.75) is 33.1 Å². The van der Waals surface area contributed by atoms with Crippen LogP contribution in [0.2, 0.25) is 0 Å². The fourth-order valence-electron chi connectivity index (χ4n) is 4.09. The molecule has 1 aliphatic rings. The fraction of sp³-hybridized carbons (Fsp3) is 0.333. The summed E-state index contributed by atoms with van der Waals surface area (Å²) in [7, 11) is 1.51. The Morgan fingerprint density at radius 2 is 1.83 bits per heavy atom. The minimum atomic E-state index is -0.652. The van der Waals surface area contributed by atoms with E-state index in [-0.39, 0.29) is 28.2 Å². The van der Waals surface area contributed by atoms with Crippen molar-refractivity contribution in [2.75, 3.05) is 25.9 Å². The number of benzene rings is 2. The van der Waals surface area contributed by atoms with Crippen LogP contribution < -0.4 is 11.1 Å². The molecule has 0 saturated carbocycles. The Labute approximate surface area is 204 Å². The predicted molar refractivity (Wildman–Crippen MR) is 135 cm³/mol. The molecule has 0 spiro atoms. The molecule has 0 radical (unpaired) electrons. The van der Waals surface area contributed by atoms with Gasteiger partial charge in [0, 0.05) is 23.7 Å². The van der Waals surface area contributed by atoms with Crippen LogP contribution in [0.25, 0.3) is 0 Å². The van der Waals surface area contributed by atoms with Crippen molar-refractivity contribution in [3.05, 3.63) is 88.4 Å². The summed E-state index contributed by atoms with van der Waals surface area (Å²) in [5, 5.41) is 3.35. The summed E-state index contributed by atoms with van der Waals surface area (Å²) in [6.07, 6.45) is 5.49. The smallest absolute Gasteiger partial charge is 0.193 e. The molecular weight excluding hydrogens is 448 g/mol. The van der Waals surface area contributed by atoms with Crippen LogP contribution in [-0.4, -0.2) is 41.6 Å². The molecule has 1 saturated heterocycles. The van der Waals surface area contributed by atoms with Gasteiger partial charge in [-0.25, -0.2) is 18.7 Å². The number of aromatic nitrogens is 2. The number of hydrogen-bond acceptors (Lipinski definition) is 6. The molecule has 35 heavy (non-hydrogen) atoms. The minimum Gasteiger partial charge on any atom is -0.383 e. The van der Waals surface area contributed by atoms with Crippen LogP contribution in [0.3, 0.4) is 0 Å². The molecular formula is C27H31F2N5O. The zero-order valence-electron chi connectivity index (χ0n) is 20.3. The van der Waals surface area contributed by atoms with E-state index < -0.39 is 17.4 Å². The molecule has 4 rings (SSSR count). The molecule has 3 aromatic rings. The van der Waals surface area contributed by atoms with Crippen molar-refractivity contribution in [3.63, 3.8) is 0 Å². The summed E-state index contributed by atoms with van der Waals surface area (Å²) in [6.45, 7) is 6.51. The second kappa shape index (κ2) is 12.3. The summed E-state index contributed by atoms with van der Waals surface area (Å²) in [4.78, 5) is 24.6. The third-order valence-corrected chi connectivity index (χ3v) is 6.14. The largest absolute Gasteiger partial charge is 0.383 e. The van der Waals surface area contributed by atoms with E-state index in [1.807, 2.05) is 0 Å². The molecule has 0 amide bonds. The highest BCUT2D eigenvalue weighted by Gasteiger charge is 2.20. The standard InChI is InChI=1S/C20H16F2N4O.C7H15N/c1-11-17(20(23)26-10-25-11)18(24-2)15-7-6-13(9-16(15)22)19(27)12-4-3-5-14(21)8-12;1-2-7-3-5-8-6-4-7/h3-10H,1-2H3,(H2,23,25,26);7-8H,2-6H2,1H3. The number of rotatable bonds is 5. The summed E-state index contributed by atoms with van der Waals surface area (Å²) < 4.78 is 28.1. The summed E-state index contributed by atoms with van der Waals surface area (Å²) in [5.41, 5.74) is 7.60. The van der Waals surface area contributed by atoms with Crippen molar-refractivity contribution in [2.24, 2.45) is 10.9 Å². The van der Waals surface area contributed by atoms with Gasteiger partial charge in [0.1, 0.15) is 23.8 Å². The molecule has 0 unspecified atom stereocenters. The monoisotopic (exact) mass is 479 g/mol. The first-order valence-corrected chi connectivity index (χ1v) is 11.7. The zero-order chi connectivity index (χ0) is 25.4. The van der Waals surface area contributed by atoms with Crippen molar-refractivity contribution in [1.29, 1.82) is 0 Å². The molecule has 0 bridgehead atoms. The lowest BCUT2D eigenvalue weighted by Crippen LogP contribution is -2.27. The van der Waals surface area contributed by atoms with Gasteiger partial charge in [0.15, 0.2) is 5.78 Å². The van der Waals surface area contributed by atoms with Crippen LogP contribution in [0.15, 0.2) is 53.8 Å². The van der Waals surface area contributed by atoms with Gasteiger partial charge >= 0.3 is 0 Å². The highest BCUT2D eigenvalue weighted by atomic mass is 19.1. The highest BCUT2D eigenvalue weighted by molar-refractivity contribution is 6.16. The number of aryl methyl sites for hydroxylation is 1. The maximum Gasteiger partial charge on any atom is 0.193 e. The minimum absolute atomic E-state index is 0.103. The Morgan fingerprint density at radius 3 is 2.40 bits per heavy atom. The van der Waals surface area contributed by atoms with Crippen LogP contribution in [-0.2, 0) is 0 Å².